The Morgan fingerprint density at radius 3 is 2.14 bits per heavy atom. The summed E-state index contributed by atoms with van der Waals surface area (Å²) >= 11 is 4.38. The summed E-state index contributed by atoms with van der Waals surface area (Å²) in [7, 11) is 0. The first-order valence-corrected chi connectivity index (χ1v) is 5.04. The molecule has 0 fully saturated rings. The highest BCUT2D eigenvalue weighted by molar-refractivity contribution is 7.84. The van der Waals surface area contributed by atoms with Gasteiger partial charge in [-0.2, -0.15) is 0 Å². The van der Waals surface area contributed by atoms with Crippen molar-refractivity contribution in [1.82, 2.24) is 0 Å². The van der Waals surface area contributed by atoms with Crippen molar-refractivity contribution < 1.29 is 4.79 Å². The van der Waals surface area contributed by atoms with Crippen LogP contribution in [0.5, 0.6) is 0 Å². The molecule has 0 amide bonds. The highest BCUT2D eigenvalue weighted by Crippen LogP contribution is 2.17. The minimum absolute atomic E-state index is 0.434. The van der Waals surface area contributed by atoms with E-state index >= 15 is 0 Å². The standard InChI is InChI=1S/C12H14OS/c1-9(2)12(14)7-10-3-5-11(8-13)6-4-10/h3-9,14H,1-2H3/b12-7-. The van der Waals surface area contributed by atoms with Gasteiger partial charge in [0.05, 0.1) is 0 Å². The van der Waals surface area contributed by atoms with Crippen LogP contribution in [0.15, 0.2) is 29.2 Å². The van der Waals surface area contributed by atoms with Gasteiger partial charge < -0.3 is 0 Å². The number of rotatable bonds is 3. The van der Waals surface area contributed by atoms with Crippen LogP contribution < -0.4 is 0 Å². The topological polar surface area (TPSA) is 17.1 Å². The van der Waals surface area contributed by atoms with E-state index in [-0.39, 0.29) is 0 Å². The van der Waals surface area contributed by atoms with Gasteiger partial charge >= 0.3 is 0 Å². The molecule has 0 aliphatic rings. The smallest absolute Gasteiger partial charge is 0.150 e. The zero-order valence-corrected chi connectivity index (χ0v) is 9.29. The molecule has 0 atom stereocenters. The van der Waals surface area contributed by atoms with Crippen molar-refractivity contribution in [3.8, 4) is 0 Å². The van der Waals surface area contributed by atoms with E-state index in [1.54, 1.807) is 12.1 Å². The summed E-state index contributed by atoms with van der Waals surface area (Å²) in [5.74, 6) is 0.434. The number of benzene rings is 1. The van der Waals surface area contributed by atoms with Gasteiger partial charge in [0, 0.05) is 5.56 Å². The number of carbonyl (C=O) groups excluding carboxylic acids is 1. The monoisotopic (exact) mass is 206 g/mol. The maximum atomic E-state index is 10.4. The van der Waals surface area contributed by atoms with Gasteiger partial charge in [-0.1, -0.05) is 38.1 Å². The van der Waals surface area contributed by atoms with E-state index in [2.05, 4.69) is 26.5 Å². The molecule has 0 saturated carbocycles. The van der Waals surface area contributed by atoms with Gasteiger partial charge in [-0.25, -0.2) is 0 Å². The molecule has 1 nitrogen and oxygen atoms in total. The van der Waals surface area contributed by atoms with Crippen molar-refractivity contribution in [2.45, 2.75) is 13.8 Å². The minimum Gasteiger partial charge on any atom is -0.298 e. The molecule has 0 aromatic heterocycles. The third-order valence-electron chi connectivity index (χ3n) is 1.98. The van der Waals surface area contributed by atoms with Crippen LogP contribution in [0.1, 0.15) is 29.8 Å². The van der Waals surface area contributed by atoms with Crippen LogP contribution >= 0.6 is 12.6 Å². The van der Waals surface area contributed by atoms with Crippen LogP contribution in [0.4, 0.5) is 0 Å². The summed E-state index contributed by atoms with van der Waals surface area (Å²) in [5, 5.41) is 0. The fourth-order valence-electron chi connectivity index (χ4n) is 1.01. The first kappa shape index (κ1) is 11.1. The van der Waals surface area contributed by atoms with Crippen LogP contribution in [0.25, 0.3) is 6.08 Å². The normalized spacial score (nSPS) is 11.9. The molecule has 0 radical (unpaired) electrons. The van der Waals surface area contributed by atoms with Crippen molar-refractivity contribution in [2.24, 2.45) is 5.92 Å². The Balaban J connectivity index is 2.88. The molecule has 0 heterocycles. The van der Waals surface area contributed by atoms with Gasteiger partial charge in [-0.15, -0.1) is 12.6 Å². The number of hydrogen-bond donors (Lipinski definition) is 1. The van der Waals surface area contributed by atoms with Gasteiger partial charge in [-0.05, 0) is 22.5 Å². The quantitative estimate of drug-likeness (QED) is 0.592. The van der Waals surface area contributed by atoms with Gasteiger partial charge in [0.15, 0.2) is 0 Å². The molecule has 0 unspecified atom stereocenters. The van der Waals surface area contributed by atoms with E-state index < -0.39 is 0 Å². The molecule has 14 heavy (non-hydrogen) atoms. The van der Waals surface area contributed by atoms with Crippen LogP contribution in [-0.4, -0.2) is 6.29 Å². The van der Waals surface area contributed by atoms with Gasteiger partial charge in [0.1, 0.15) is 6.29 Å². The van der Waals surface area contributed by atoms with Crippen molar-refractivity contribution in [1.29, 1.82) is 0 Å². The number of aldehydes is 1. The van der Waals surface area contributed by atoms with Gasteiger partial charge in [-0.3, -0.25) is 4.79 Å². The molecular weight excluding hydrogens is 192 g/mol. The summed E-state index contributed by atoms with van der Waals surface area (Å²) in [6.07, 6.45) is 2.86. The fraction of sp³-hybridized carbons (Fsp3) is 0.250. The largest absolute Gasteiger partial charge is 0.298 e. The second-order valence-electron chi connectivity index (χ2n) is 3.51. The second-order valence-corrected chi connectivity index (χ2v) is 4.02. The average molecular weight is 206 g/mol. The predicted octanol–water partition coefficient (Wildman–Crippen LogP) is 3.43. The maximum Gasteiger partial charge on any atom is 0.150 e. The molecule has 1 aromatic carbocycles. The summed E-state index contributed by atoms with van der Waals surface area (Å²) in [5.41, 5.74) is 1.78. The van der Waals surface area contributed by atoms with E-state index in [9.17, 15) is 4.79 Å². The van der Waals surface area contributed by atoms with E-state index in [1.807, 2.05) is 18.2 Å². The van der Waals surface area contributed by atoms with Crippen LogP contribution in [-0.2, 0) is 0 Å². The first-order valence-electron chi connectivity index (χ1n) is 4.59. The van der Waals surface area contributed by atoms with E-state index in [4.69, 9.17) is 0 Å². The number of thiol groups is 1. The lowest BCUT2D eigenvalue weighted by molar-refractivity contribution is 0.112. The molecule has 0 aliphatic heterocycles. The first-order chi connectivity index (χ1) is 6.63. The Labute approximate surface area is 90.2 Å². The van der Waals surface area contributed by atoms with E-state index in [0.717, 1.165) is 16.8 Å². The summed E-state index contributed by atoms with van der Waals surface area (Å²) in [6.45, 7) is 4.19. The third kappa shape index (κ3) is 3.04. The van der Waals surface area contributed by atoms with Crippen molar-refractivity contribution in [3.63, 3.8) is 0 Å². The van der Waals surface area contributed by atoms with Crippen molar-refractivity contribution in [2.75, 3.05) is 0 Å². The lowest BCUT2D eigenvalue weighted by atomic mass is 10.1. The zero-order chi connectivity index (χ0) is 10.6. The van der Waals surface area contributed by atoms with Gasteiger partial charge in [0.2, 0.25) is 0 Å². The maximum absolute atomic E-state index is 10.4. The van der Waals surface area contributed by atoms with Crippen LogP contribution in [0, 0.1) is 5.92 Å². The SMILES string of the molecule is CC(C)/C(S)=C/c1ccc(C=O)cc1. The lowest BCUT2D eigenvalue weighted by Crippen LogP contribution is -1.86. The summed E-state index contributed by atoms with van der Waals surface area (Å²) in [4.78, 5) is 11.5. The predicted molar refractivity (Wildman–Crippen MR) is 63.6 cm³/mol. The zero-order valence-electron chi connectivity index (χ0n) is 8.40. The lowest BCUT2D eigenvalue weighted by Gasteiger charge is -2.03. The van der Waals surface area contributed by atoms with Crippen molar-refractivity contribution in [3.05, 3.63) is 40.3 Å². The third-order valence-corrected chi connectivity index (χ3v) is 2.62. The highest BCUT2D eigenvalue weighted by Gasteiger charge is 1.97. The highest BCUT2D eigenvalue weighted by atomic mass is 32.1. The van der Waals surface area contributed by atoms with E-state index in [0.29, 0.717) is 11.5 Å². The molecule has 0 aliphatic carbocycles. The molecule has 0 spiro atoms. The Morgan fingerprint density at radius 1 is 1.21 bits per heavy atom. The number of carbonyl (C=O) groups is 1. The summed E-state index contributed by atoms with van der Waals surface area (Å²) < 4.78 is 0. The Bertz CT molecular complexity index is 336. The molecule has 2 heteroatoms. The number of hydrogen-bond acceptors (Lipinski definition) is 2. The Hall–Kier alpha value is -1.02. The molecule has 0 saturated heterocycles. The van der Waals surface area contributed by atoms with Crippen molar-refractivity contribution >= 4 is 25.0 Å². The van der Waals surface area contributed by atoms with E-state index in [1.165, 1.54) is 0 Å². The van der Waals surface area contributed by atoms with Gasteiger partial charge in [0.25, 0.3) is 0 Å². The summed E-state index contributed by atoms with van der Waals surface area (Å²) in [6, 6.07) is 7.45. The minimum atomic E-state index is 0.434. The molecule has 1 rings (SSSR count). The molecule has 1 aromatic rings. The van der Waals surface area contributed by atoms with Crippen LogP contribution in [0.2, 0.25) is 0 Å². The second kappa shape index (κ2) is 5.01. The Kier molecular flexibility index (Phi) is 3.96. The van der Waals surface area contributed by atoms with Crippen LogP contribution in [0.3, 0.4) is 0 Å². The molecule has 0 bridgehead atoms. The average Bonchev–Trinajstić information content (AvgIpc) is 2.19. The Morgan fingerprint density at radius 2 is 1.71 bits per heavy atom. The number of allylic oxidation sites excluding steroid dienone is 1. The molecule has 0 N–H and O–H groups in total. The molecule has 74 valence electrons. The fourth-order valence-corrected chi connectivity index (χ4v) is 1.16. The molecular formula is C12H14OS.